The van der Waals surface area contributed by atoms with Gasteiger partial charge in [0.15, 0.2) is 0 Å². The molecule has 0 saturated carbocycles. The van der Waals surface area contributed by atoms with Crippen LogP contribution in [0.4, 0.5) is 10.5 Å². The number of imide groups is 1. The zero-order valence-corrected chi connectivity index (χ0v) is 13.2. The van der Waals surface area contributed by atoms with Gasteiger partial charge in [0, 0.05) is 17.1 Å². The van der Waals surface area contributed by atoms with Crippen LogP contribution in [0.25, 0.3) is 0 Å². The predicted molar refractivity (Wildman–Crippen MR) is 81.0 cm³/mol. The van der Waals surface area contributed by atoms with Crippen molar-refractivity contribution in [2.24, 2.45) is 0 Å². The smallest absolute Gasteiger partial charge is 0.321 e. The molecule has 0 saturated heterocycles. The van der Waals surface area contributed by atoms with Gasteiger partial charge in [0.1, 0.15) is 11.8 Å². The van der Waals surface area contributed by atoms with Crippen molar-refractivity contribution in [3.05, 3.63) is 22.7 Å². The fourth-order valence-corrected chi connectivity index (χ4v) is 1.83. The molecule has 1 rings (SSSR count). The number of rotatable bonds is 5. The van der Waals surface area contributed by atoms with Crippen molar-refractivity contribution in [1.29, 1.82) is 0 Å². The second kappa shape index (κ2) is 7.74. The molecular formula is C13H18BrN3O3. The minimum absolute atomic E-state index is 0.411. The molecule has 6 nitrogen and oxygen atoms in total. The maximum atomic E-state index is 11.8. The first-order chi connectivity index (χ1) is 9.47. The van der Waals surface area contributed by atoms with E-state index in [4.69, 9.17) is 4.74 Å². The molecule has 0 aliphatic rings. The topological polar surface area (TPSA) is 79.5 Å². The average molecular weight is 344 g/mol. The summed E-state index contributed by atoms with van der Waals surface area (Å²) in [4.78, 5) is 23.1. The van der Waals surface area contributed by atoms with E-state index in [1.54, 1.807) is 33.1 Å². The summed E-state index contributed by atoms with van der Waals surface area (Å²) < 4.78 is 5.92. The lowest BCUT2D eigenvalue weighted by atomic mass is 10.2. The van der Waals surface area contributed by atoms with Crippen molar-refractivity contribution in [2.45, 2.75) is 19.9 Å². The molecule has 1 aromatic rings. The number of carbonyl (C=O) groups excluding carboxylic acids is 2. The molecule has 0 spiro atoms. The van der Waals surface area contributed by atoms with Crippen LogP contribution in [-0.4, -0.2) is 31.6 Å². The van der Waals surface area contributed by atoms with Gasteiger partial charge >= 0.3 is 6.03 Å². The van der Waals surface area contributed by atoms with E-state index < -0.39 is 18.0 Å². The maximum absolute atomic E-state index is 11.8. The molecule has 0 aliphatic heterocycles. The van der Waals surface area contributed by atoms with Crippen LogP contribution < -0.4 is 20.7 Å². The molecule has 3 N–H and O–H groups in total. The van der Waals surface area contributed by atoms with Gasteiger partial charge in [-0.25, -0.2) is 4.79 Å². The van der Waals surface area contributed by atoms with Gasteiger partial charge in [0.05, 0.1) is 12.8 Å². The second-order valence-corrected chi connectivity index (χ2v) is 4.91. The van der Waals surface area contributed by atoms with E-state index in [9.17, 15) is 9.59 Å². The average Bonchev–Trinajstić information content (AvgIpc) is 2.41. The van der Waals surface area contributed by atoms with Crippen LogP contribution in [0.1, 0.15) is 13.8 Å². The number of amides is 3. The molecule has 0 heterocycles. The summed E-state index contributed by atoms with van der Waals surface area (Å²) in [6.07, 6.45) is 0. The number of urea groups is 1. The van der Waals surface area contributed by atoms with E-state index in [1.165, 1.54) is 0 Å². The van der Waals surface area contributed by atoms with Gasteiger partial charge in [-0.2, -0.15) is 0 Å². The van der Waals surface area contributed by atoms with Gasteiger partial charge in [-0.1, -0.05) is 0 Å². The zero-order chi connectivity index (χ0) is 15.1. The minimum Gasteiger partial charge on any atom is -0.497 e. The Kier molecular flexibility index (Phi) is 6.30. The van der Waals surface area contributed by atoms with Crippen LogP contribution in [0.2, 0.25) is 0 Å². The van der Waals surface area contributed by atoms with Crippen LogP contribution in [0.3, 0.4) is 0 Å². The molecule has 0 radical (unpaired) electrons. The fraction of sp³-hybridized carbons (Fsp3) is 0.385. The predicted octanol–water partition coefficient (Wildman–Crippen LogP) is 2.10. The standard InChI is InChI=1S/C13H18BrN3O3/c1-4-15-13(19)17-12(18)8(2)16-11-7-9(20-3)5-6-10(11)14/h5-8,16H,4H2,1-3H3,(H2,15,17,18,19). The van der Waals surface area contributed by atoms with Crippen LogP contribution in [0, 0.1) is 0 Å². The van der Waals surface area contributed by atoms with Gasteiger partial charge in [-0.05, 0) is 41.9 Å². The van der Waals surface area contributed by atoms with Gasteiger partial charge in [0.25, 0.3) is 0 Å². The second-order valence-electron chi connectivity index (χ2n) is 4.06. The number of methoxy groups -OCH3 is 1. The summed E-state index contributed by atoms with van der Waals surface area (Å²) in [5, 5.41) is 7.76. The molecule has 3 amide bonds. The summed E-state index contributed by atoms with van der Waals surface area (Å²) in [6.45, 7) is 3.90. The number of benzene rings is 1. The first kappa shape index (κ1) is 16.3. The van der Waals surface area contributed by atoms with Crippen LogP contribution in [0.15, 0.2) is 22.7 Å². The molecule has 1 aromatic carbocycles. The Hall–Kier alpha value is -1.76. The van der Waals surface area contributed by atoms with Crippen molar-refractivity contribution in [2.75, 3.05) is 19.0 Å². The van der Waals surface area contributed by atoms with E-state index in [1.807, 2.05) is 6.07 Å². The Morgan fingerprint density at radius 3 is 2.70 bits per heavy atom. The van der Waals surface area contributed by atoms with Gasteiger partial charge in [-0.15, -0.1) is 0 Å². The SMILES string of the molecule is CCNC(=O)NC(=O)C(C)Nc1cc(OC)ccc1Br. The highest BCUT2D eigenvalue weighted by molar-refractivity contribution is 9.10. The Labute approximate surface area is 126 Å². The lowest BCUT2D eigenvalue weighted by molar-refractivity contribution is -0.120. The first-order valence-electron chi connectivity index (χ1n) is 6.16. The Morgan fingerprint density at radius 1 is 1.40 bits per heavy atom. The van der Waals surface area contributed by atoms with Gasteiger partial charge in [0.2, 0.25) is 5.91 Å². The lowest BCUT2D eigenvalue weighted by Crippen LogP contribution is -2.45. The number of nitrogens with one attached hydrogen (secondary N) is 3. The van der Waals surface area contributed by atoms with Crippen LogP contribution in [0.5, 0.6) is 5.75 Å². The largest absolute Gasteiger partial charge is 0.497 e. The third kappa shape index (κ3) is 4.73. The van der Waals surface area contributed by atoms with E-state index in [2.05, 4.69) is 31.9 Å². The van der Waals surface area contributed by atoms with Crippen molar-refractivity contribution in [3.63, 3.8) is 0 Å². The number of hydrogen-bond acceptors (Lipinski definition) is 4. The summed E-state index contributed by atoms with van der Waals surface area (Å²) in [5.41, 5.74) is 0.711. The Balaban J connectivity index is 2.67. The summed E-state index contributed by atoms with van der Waals surface area (Å²) in [6, 6.07) is 4.31. The van der Waals surface area contributed by atoms with Crippen molar-refractivity contribution < 1.29 is 14.3 Å². The Bertz CT molecular complexity index is 494. The van der Waals surface area contributed by atoms with Crippen molar-refractivity contribution in [1.82, 2.24) is 10.6 Å². The highest BCUT2D eigenvalue weighted by atomic mass is 79.9. The fourth-order valence-electron chi connectivity index (χ4n) is 1.47. The highest BCUT2D eigenvalue weighted by Crippen LogP contribution is 2.27. The van der Waals surface area contributed by atoms with E-state index >= 15 is 0 Å². The first-order valence-corrected chi connectivity index (χ1v) is 6.96. The monoisotopic (exact) mass is 343 g/mol. The van der Waals surface area contributed by atoms with Crippen molar-refractivity contribution >= 4 is 33.6 Å². The van der Waals surface area contributed by atoms with Gasteiger partial charge < -0.3 is 15.4 Å². The minimum atomic E-state index is -0.569. The molecule has 110 valence electrons. The van der Waals surface area contributed by atoms with Crippen molar-refractivity contribution in [3.8, 4) is 5.75 Å². The molecule has 20 heavy (non-hydrogen) atoms. The molecule has 7 heteroatoms. The molecule has 1 unspecified atom stereocenters. The van der Waals surface area contributed by atoms with E-state index in [-0.39, 0.29) is 0 Å². The lowest BCUT2D eigenvalue weighted by Gasteiger charge is -2.16. The van der Waals surface area contributed by atoms with Gasteiger partial charge in [-0.3, -0.25) is 10.1 Å². The Morgan fingerprint density at radius 2 is 2.10 bits per heavy atom. The number of halogens is 1. The number of carbonyl (C=O) groups is 2. The molecule has 0 aliphatic carbocycles. The van der Waals surface area contributed by atoms with Crippen LogP contribution >= 0.6 is 15.9 Å². The maximum Gasteiger partial charge on any atom is 0.321 e. The summed E-state index contributed by atoms with van der Waals surface area (Å²) in [5.74, 6) is 0.262. The normalized spacial score (nSPS) is 11.4. The molecule has 0 bridgehead atoms. The van der Waals surface area contributed by atoms with E-state index in [0.717, 1.165) is 4.47 Å². The molecule has 0 aromatic heterocycles. The third-order valence-corrected chi connectivity index (χ3v) is 3.20. The molecule has 1 atom stereocenters. The molecule has 0 fully saturated rings. The summed E-state index contributed by atoms with van der Waals surface area (Å²) >= 11 is 3.38. The number of anilines is 1. The zero-order valence-electron chi connectivity index (χ0n) is 11.6. The highest BCUT2D eigenvalue weighted by Gasteiger charge is 2.16. The number of ether oxygens (including phenoxy) is 1. The third-order valence-electron chi connectivity index (χ3n) is 2.51. The quantitative estimate of drug-likeness (QED) is 0.764. The summed E-state index contributed by atoms with van der Waals surface area (Å²) in [7, 11) is 1.57. The molecular weight excluding hydrogens is 326 g/mol. The van der Waals surface area contributed by atoms with Crippen LogP contribution in [-0.2, 0) is 4.79 Å². The number of hydrogen-bond donors (Lipinski definition) is 3. The van der Waals surface area contributed by atoms with E-state index in [0.29, 0.717) is 18.0 Å².